The lowest BCUT2D eigenvalue weighted by Gasteiger charge is -2.22. The molecular weight excluding hydrogens is 338 g/mol. The summed E-state index contributed by atoms with van der Waals surface area (Å²) in [6.45, 7) is 3.37. The third-order valence-corrected chi connectivity index (χ3v) is 6.40. The Bertz CT molecular complexity index is 853. The smallest absolute Gasteiger partial charge is 0.272 e. The van der Waals surface area contributed by atoms with E-state index in [1.165, 1.54) is 4.31 Å². The number of rotatable bonds is 3. The molecule has 2 heterocycles. The van der Waals surface area contributed by atoms with Gasteiger partial charge in [-0.15, -0.1) is 0 Å². The van der Waals surface area contributed by atoms with Crippen molar-refractivity contribution in [3.63, 3.8) is 0 Å². The number of aromatic nitrogens is 1. The standard InChI is InChI=1S/C18H21N3O3S/c1-15-7-2-3-9-17(15)25(23,24)21-12-6-11-20(13-14-21)18(22)16-8-4-5-10-19-16/h2-5,7-10H,6,11-14H2,1H3. The molecule has 2 aromatic rings. The van der Waals surface area contributed by atoms with E-state index in [1.54, 1.807) is 54.4 Å². The Morgan fingerprint density at radius 2 is 1.76 bits per heavy atom. The number of sulfonamides is 1. The molecule has 6 nitrogen and oxygen atoms in total. The summed E-state index contributed by atoms with van der Waals surface area (Å²) in [4.78, 5) is 18.6. The first-order valence-electron chi connectivity index (χ1n) is 8.26. The third-order valence-electron chi connectivity index (χ3n) is 4.34. The first-order chi connectivity index (χ1) is 12.0. The fourth-order valence-electron chi connectivity index (χ4n) is 2.97. The van der Waals surface area contributed by atoms with Crippen LogP contribution < -0.4 is 0 Å². The quantitative estimate of drug-likeness (QED) is 0.840. The van der Waals surface area contributed by atoms with Crippen molar-refractivity contribution >= 4 is 15.9 Å². The Hall–Kier alpha value is -2.25. The normalized spacial score (nSPS) is 16.4. The van der Waals surface area contributed by atoms with E-state index in [2.05, 4.69) is 4.98 Å². The van der Waals surface area contributed by atoms with Crippen molar-refractivity contribution in [1.29, 1.82) is 0 Å². The topological polar surface area (TPSA) is 70.6 Å². The second-order valence-electron chi connectivity index (χ2n) is 6.03. The van der Waals surface area contributed by atoms with Gasteiger partial charge in [0.05, 0.1) is 4.90 Å². The zero-order chi connectivity index (χ0) is 17.9. The molecule has 0 radical (unpaired) electrons. The molecule has 1 aromatic heterocycles. The van der Waals surface area contributed by atoms with E-state index in [-0.39, 0.29) is 12.5 Å². The number of aryl methyl sites for hydroxylation is 1. The molecule has 0 aliphatic carbocycles. The number of amides is 1. The van der Waals surface area contributed by atoms with Gasteiger partial charge in [0.1, 0.15) is 5.69 Å². The van der Waals surface area contributed by atoms with Gasteiger partial charge in [0.15, 0.2) is 0 Å². The number of pyridine rings is 1. The van der Waals surface area contributed by atoms with Gasteiger partial charge in [0.25, 0.3) is 5.91 Å². The van der Waals surface area contributed by atoms with Crippen LogP contribution >= 0.6 is 0 Å². The third kappa shape index (κ3) is 3.72. The van der Waals surface area contributed by atoms with Crippen molar-refractivity contribution in [2.45, 2.75) is 18.2 Å². The highest BCUT2D eigenvalue weighted by molar-refractivity contribution is 7.89. The van der Waals surface area contributed by atoms with E-state index in [0.29, 0.717) is 36.6 Å². The lowest BCUT2D eigenvalue weighted by atomic mass is 10.2. The van der Waals surface area contributed by atoms with Gasteiger partial charge in [-0.25, -0.2) is 8.42 Å². The molecule has 0 saturated carbocycles. The summed E-state index contributed by atoms with van der Waals surface area (Å²) in [5.74, 6) is -0.157. The minimum absolute atomic E-state index is 0.157. The van der Waals surface area contributed by atoms with Gasteiger partial charge in [-0.3, -0.25) is 9.78 Å². The zero-order valence-electron chi connectivity index (χ0n) is 14.1. The van der Waals surface area contributed by atoms with Crippen LogP contribution in [0.2, 0.25) is 0 Å². The van der Waals surface area contributed by atoms with Crippen LogP contribution in [-0.4, -0.2) is 54.7 Å². The highest BCUT2D eigenvalue weighted by Crippen LogP contribution is 2.21. The van der Waals surface area contributed by atoms with E-state index in [1.807, 2.05) is 6.07 Å². The Labute approximate surface area is 148 Å². The molecule has 0 N–H and O–H groups in total. The van der Waals surface area contributed by atoms with Gasteiger partial charge in [0.2, 0.25) is 10.0 Å². The molecule has 7 heteroatoms. The molecule has 0 atom stereocenters. The summed E-state index contributed by atoms with van der Waals surface area (Å²) in [6.07, 6.45) is 2.18. The summed E-state index contributed by atoms with van der Waals surface area (Å²) >= 11 is 0. The lowest BCUT2D eigenvalue weighted by Crippen LogP contribution is -2.37. The number of carbonyl (C=O) groups is 1. The Morgan fingerprint density at radius 1 is 1.00 bits per heavy atom. The van der Waals surface area contributed by atoms with E-state index < -0.39 is 10.0 Å². The average molecular weight is 359 g/mol. The predicted molar refractivity (Wildman–Crippen MR) is 94.7 cm³/mol. The summed E-state index contributed by atoms with van der Waals surface area (Å²) in [6, 6.07) is 12.2. The fourth-order valence-corrected chi connectivity index (χ4v) is 4.67. The van der Waals surface area contributed by atoms with Crippen LogP contribution in [0, 0.1) is 6.92 Å². The van der Waals surface area contributed by atoms with Crippen molar-refractivity contribution < 1.29 is 13.2 Å². The minimum atomic E-state index is -3.55. The molecule has 0 unspecified atom stereocenters. The van der Waals surface area contributed by atoms with Gasteiger partial charge in [-0.2, -0.15) is 4.31 Å². The number of hydrogen-bond donors (Lipinski definition) is 0. The van der Waals surface area contributed by atoms with Gasteiger partial charge < -0.3 is 4.90 Å². The summed E-state index contributed by atoms with van der Waals surface area (Å²) in [7, 11) is -3.55. The average Bonchev–Trinajstić information content (AvgIpc) is 2.89. The van der Waals surface area contributed by atoms with E-state index in [9.17, 15) is 13.2 Å². The Balaban J connectivity index is 1.76. The minimum Gasteiger partial charge on any atom is -0.336 e. The zero-order valence-corrected chi connectivity index (χ0v) is 14.9. The highest BCUT2D eigenvalue weighted by atomic mass is 32.2. The van der Waals surface area contributed by atoms with Crippen LogP contribution in [0.3, 0.4) is 0 Å². The highest BCUT2D eigenvalue weighted by Gasteiger charge is 2.29. The van der Waals surface area contributed by atoms with E-state index in [0.717, 1.165) is 5.56 Å². The number of carbonyl (C=O) groups excluding carboxylic acids is 1. The molecule has 1 saturated heterocycles. The Morgan fingerprint density at radius 3 is 2.48 bits per heavy atom. The SMILES string of the molecule is Cc1ccccc1S(=O)(=O)N1CCCN(C(=O)c2ccccn2)CC1. The summed E-state index contributed by atoms with van der Waals surface area (Å²) in [5.41, 5.74) is 1.12. The van der Waals surface area contributed by atoms with Crippen LogP contribution in [0.1, 0.15) is 22.5 Å². The second kappa shape index (κ2) is 7.33. The molecule has 25 heavy (non-hydrogen) atoms. The van der Waals surface area contributed by atoms with Crippen LogP contribution in [0.25, 0.3) is 0 Å². The molecule has 1 aromatic carbocycles. The second-order valence-corrected chi connectivity index (χ2v) is 7.94. The number of nitrogens with zero attached hydrogens (tertiary/aromatic N) is 3. The fraction of sp³-hybridized carbons (Fsp3) is 0.333. The number of hydrogen-bond acceptors (Lipinski definition) is 4. The first kappa shape index (κ1) is 17.6. The van der Waals surface area contributed by atoms with Gasteiger partial charge in [0, 0.05) is 32.4 Å². The predicted octanol–water partition coefficient (Wildman–Crippen LogP) is 1.93. The lowest BCUT2D eigenvalue weighted by molar-refractivity contribution is 0.0758. The molecule has 1 amide bonds. The monoisotopic (exact) mass is 359 g/mol. The summed E-state index contributed by atoms with van der Waals surface area (Å²) in [5, 5.41) is 0. The van der Waals surface area contributed by atoms with E-state index >= 15 is 0 Å². The van der Waals surface area contributed by atoms with Crippen molar-refractivity contribution in [2.24, 2.45) is 0 Å². The van der Waals surface area contributed by atoms with Crippen LogP contribution in [0.15, 0.2) is 53.6 Å². The Kier molecular flexibility index (Phi) is 5.15. The van der Waals surface area contributed by atoms with Gasteiger partial charge in [-0.1, -0.05) is 24.3 Å². The molecule has 1 aliphatic heterocycles. The van der Waals surface area contributed by atoms with Crippen LogP contribution in [0.5, 0.6) is 0 Å². The van der Waals surface area contributed by atoms with Crippen LogP contribution in [0.4, 0.5) is 0 Å². The molecule has 132 valence electrons. The molecule has 3 rings (SSSR count). The molecule has 1 fully saturated rings. The largest absolute Gasteiger partial charge is 0.336 e. The van der Waals surface area contributed by atoms with E-state index in [4.69, 9.17) is 0 Å². The number of benzene rings is 1. The van der Waals surface area contributed by atoms with Crippen molar-refractivity contribution in [1.82, 2.24) is 14.2 Å². The summed E-state index contributed by atoms with van der Waals surface area (Å²) < 4.78 is 27.3. The van der Waals surface area contributed by atoms with Crippen molar-refractivity contribution in [3.8, 4) is 0 Å². The first-order valence-corrected chi connectivity index (χ1v) is 9.70. The molecule has 0 bridgehead atoms. The molecule has 0 spiro atoms. The van der Waals surface area contributed by atoms with Crippen LogP contribution in [-0.2, 0) is 10.0 Å². The maximum absolute atomic E-state index is 12.9. The van der Waals surface area contributed by atoms with Gasteiger partial charge in [-0.05, 0) is 37.1 Å². The van der Waals surface area contributed by atoms with Gasteiger partial charge >= 0.3 is 0 Å². The molecular formula is C18H21N3O3S. The molecule has 1 aliphatic rings. The van der Waals surface area contributed by atoms with Crippen molar-refractivity contribution in [3.05, 3.63) is 59.9 Å². The maximum atomic E-state index is 12.9. The van der Waals surface area contributed by atoms with Crippen molar-refractivity contribution in [2.75, 3.05) is 26.2 Å². The maximum Gasteiger partial charge on any atom is 0.272 e.